The Morgan fingerprint density at radius 3 is 2.52 bits per heavy atom. The third-order valence-corrected chi connectivity index (χ3v) is 7.01. The second-order valence-electron chi connectivity index (χ2n) is 8.78. The van der Waals surface area contributed by atoms with Crippen molar-refractivity contribution >= 4 is 11.9 Å². The molecule has 2 aliphatic heterocycles. The number of hydrogen-bond donors (Lipinski definition) is 1. The Hall–Kier alpha value is -2.74. The Morgan fingerprint density at radius 2 is 1.81 bits per heavy atom. The van der Waals surface area contributed by atoms with Crippen LogP contribution in [-0.4, -0.2) is 60.2 Å². The van der Waals surface area contributed by atoms with Crippen molar-refractivity contribution in [1.29, 1.82) is 0 Å². The molecule has 0 saturated carbocycles. The normalized spacial score (nSPS) is 20.2. The molecule has 7 nitrogen and oxygen atoms in total. The number of morpholine rings is 1. The molecule has 1 N–H and O–H groups in total. The number of nitrogens with one attached hydrogen (secondary N) is 1. The van der Waals surface area contributed by atoms with Crippen molar-refractivity contribution in [1.82, 2.24) is 14.9 Å². The minimum Gasteiger partial charge on any atom is -0.378 e. The number of carbonyl (C=O) groups excluding carboxylic acids is 1. The van der Waals surface area contributed by atoms with Crippen LogP contribution in [0.25, 0.3) is 0 Å². The number of halogens is 1. The number of benzene rings is 1. The van der Waals surface area contributed by atoms with Crippen LogP contribution in [0.3, 0.4) is 0 Å². The lowest BCUT2D eigenvalue weighted by molar-refractivity contribution is -0.132. The molecule has 2 saturated heterocycles. The van der Waals surface area contributed by atoms with Crippen LogP contribution in [-0.2, 0) is 27.8 Å². The monoisotopic (exact) mass is 426 g/mol. The third kappa shape index (κ3) is 3.84. The molecule has 1 amide bonds. The quantitative estimate of drug-likeness (QED) is 0.810. The summed E-state index contributed by atoms with van der Waals surface area (Å²) >= 11 is 0. The molecule has 2 aromatic rings. The number of hydrogen-bond acceptors (Lipinski definition) is 5. The van der Waals surface area contributed by atoms with E-state index in [-0.39, 0.29) is 29.1 Å². The zero-order valence-electron chi connectivity index (χ0n) is 17.5. The minimum absolute atomic E-state index is 0.0295. The van der Waals surface area contributed by atoms with E-state index >= 15 is 0 Å². The molecular formula is C23H27FN4O3. The molecule has 0 radical (unpaired) electrons. The first kappa shape index (κ1) is 20.2. The number of amides is 1. The van der Waals surface area contributed by atoms with Crippen molar-refractivity contribution in [3.05, 3.63) is 57.3 Å². The largest absolute Gasteiger partial charge is 0.378 e. The van der Waals surface area contributed by atoms with Crippen molar-refractivity contribution in [3.63, 3.8) is 0 Å². The third-order valence-electron chi connectivity index (χ3n) is 7.01. The van der Waals surface area contributed by atoms with E-state index in [0.29, 0.717) is 32.3 Å². The van der Waals surface area contributed by atoms with Gasteiger partial charge in [-0.05, 0) is 43.4 Å². The fourth-order valence-corrected chi connectivity index (χ4v) is 5.12. The number of carbonyl (C=O) groups is 1. The summed E-state index contributed by atoms with van der Waals surface area (Å²) in [6.45, 7) is 4.02. The highest BCUT2D eigenvalue weighted by atomic mass is 19.1. The number of rotatable bonds is 3. The first-order valence-corrected chi connectivity index (χ1v) is 11.0. The molecule has 1 aromatic heterocycles. The Labute approximate surface area is 180 Å². The van der Waals surface area contributed by atoms with E-state index < -0.39 is 0 Å². The summed E-state index contributed by atoms with van der Waals surface area (Å²) in [7, 11) is 0. The summed E-state index contributed by atoms with van der Waals surface area (Å²) < 4.78 is 18.5. The van der Waals surface area contributed by atoms with Crippen LogP contribution < -0.4 is 10.5 Å². The van der Waals surface area contributed by atoms with Gasteiger partial charge in [0.15, 0.2) is 0 Å². The molecule has 164 valence electrons. The van der Waals surface area contributed by atoms with Crippen LogP contribution in [0, 0.1) is 5.82 Å². The van der Waals surface area contributed by atoms with E-state index in [4.69, 9.17) is 9.72 Å². The van der Waals surface area contributed by atoms with Crippen LogP contribution in [0.2, 0.25) is 0 Å². The zero-order valence-corrected chi connectivity index (χ0v) is 17.5. The highest BCUT2D eigenvalue weighted by Gasteiger charge is 2.44. The van der Waals surface area contributed by atoms with Gasteiger partial charge >= 0.3 is 0 Å². The summed E-state index contributed by atoms with van der Waals surface area (Å²) in [5, 5.41) is 0. The second-order valence-corrected chi connectivity index (χ2v) is 8.78. The number of nitrogens with zero attached hydrogens (tertiary/aromatic N) is 3. The molecule has 3 aliphatic rings. The van der Waals surface area contributed by atoms with Gasteiger partial charge in [0.05, 0.1) is 25.3 Å². The van der Waals surface area contributed by atoms with Gasteiger partial charge in [0.1, 0.15) is 5.82 Å². The Balaban J connectivity index is 1.31. The molecular weight excluding hydrogens is 399 g/mol. The van der Waals surface area contributed by atoms with Gasteiger partial charge in [-0.1, -0.05) is 12.1 Å². The SMILES string of the molecule is O=C(Cc1ccc(F)cc1)N1CCC2(CCc3c2nc(N2CCOCC2)[nH]c3=O)CC1. The lowest BCUT2D eigenvalue weighted by atomic mass is 9.76. The van der Waals surface area contributed by atoms with E-state index in [1.165, 1.54) is 12.1 Å². The molecule has 1 spiro atoms. The Morgan fingerprint density at radius 1 is 1.10 bits per heavy atom. The van der Waals surface area contributed by atoms with Crippen LogP contribution in [0.5, 0.6) is 0 Å². The maximum Gasteiger partial charge on any atom is 0.255 e. The zero-order chi connectivity index (χ0) is 21.4. The van der Waals surface area contributed by atoms with E-state index in [1.807, 2.05) is 4.90 Å². The van der Waals surface area contributed by atoms with Crippen LogP contribution >= 0.6 is 0 Å². The first-order valence-electron chi connectivity index (χ1n) is 11.0. The van der Waals surface area contributed by atoms with Crippen LogP contribution in [0.15, 0.2) is 29.1 Å². The van der Waals surface area contributed by atoms with Gasteiger partial charge in [-0.2, -0.15) is 0 Å². The number of ether oxygens (including phenoxy) is 1. The molecule has 0 atom stereocenters. The molecule has 0 unspecified atom stereocenters. The summed E-state index contributed by atoms with van der Waals surface area (Å²) in [5.41, 5.74) is 2.41. The van der Waals surface area contributed by atoms with Gasteiger partial charge in [0, 0.05) is 37.2 Å². The molecule has 5 rings (SSSR count). The van der Waals surface area contributed by atoms with E-state index in [9.17, 15) is 14.0 Å². The van der Waals surface area contributed by atoms with Gasteiger partial charge < -0.3 is 14.5 Å². The lowest BCUT2D eigenvalue weighted by Gasteiger charge is -2.39. The molecule has 8 heteroatoms. The van der Waals surface area contributed by atoms with Gasteiger partial charge in [-0.3, -0.25) is 14.6 Å². The van der Waals surface area contributed by atoms with Crippen molar-refractivity contribution in [2.45, 2.75) is 37.5 Å². The number of piperidine rings is 1. The van der Waals surface area contributed by atoms with E-state index in [0.717, 1.165) is 55.6 Å². The highest BCUT2D eigenvalue weighted by Crippen LogP contribution is 2.44. The van der Waals surface area contributed by atoms with E-state index in [2.05, 4.69) is 9.88 Å². The van der Waals surface area contributed by atoms with Crippen molar-refractivity contribution in [2.24, 2.45) is 0 Å². The smallest absolute Gasteiger partial charge is 0.255 e. The first-order chi connectivity index (χ1) is 15.0. The fourth-order valence-electron chi connectivity index (χ4n) is 5.12. The molecule has 3 heterocycles. The standard InChI is InChI=1S/C23H27FN4O3/c24-17-3-1-16(2-4-17)15-19(29)27-9-7-23(8-10-27)6-5-18-20(23)25-22(26-21(18)30)28-11-13-31-14-12-28/h1-4H,5-15H2,(H,25,26,30). The molecule has 1 aromatic carbocycles. The number of H-pyrrole nitrogens is 1. The van der Waals surface area contributed by atoms with Crippen molar-refractivity contribution < 1.29 is 13.9 Å². The molecule has 1 aliphatic carbocycles. The molecule has 0 bridgehead atoms. The Kier molecular flexibility index (Phi) is 5.25. The Bertz CT molecular complexity index is 1020. The number of aromatic amines is 1. The number of fused-ring (bicyclic) bond motifs is 2. The molecule has 2 fully saturated rings. The maximum absolute atomic E-state index is 13.1. The maximum atomic E-state index is 13.1. The predicted octanol–water partition coefficient (Wildman–Crippen LogP) is 1.79. The summed E-state index contributed by atoms with van der Waals surface area (Å²) in [6, 6.07) is 6.10. The second kappa shape index (κ2) is 8.07. The topological polar surface area (TPSA) is 78.5 Å². The van der Waals surface area contributed by atoms with Crippen LogP contribution in [0.4, 0.5) is 10.3 Å². The minimum atomic E-state index is -0.296. The van der Waals surface area contributed by atoms with Gasteiger partial charge in [-0.15, -0.1) is 0 Å². The lowest BCUT2D eigenvalue weighted by Crippen LogP contribution is -2.45. The van der Waals surface area contributed by atoms with Gasteiger partial charge in [-0.25, -0.2) is 9.37 Å². The van der Waals surface area contributed by atoms with Crippen molar-refractivity contribution in [2.75, 3.05) is 44.3 Å². The number of anilines is 1. The molecule has 31 heavy (non-hydrogen) atoms. The number of likely N-dealkylation sites (tertiary alicyclic amines) is 1. The van der Waals surface area contributed by atoms with E-state index in [1.54, 1.807) is 12.1 Å². The highest BCUT2D eigenvalue weighted by molar-refractivity contribution is 5.79. The summed E-state index contributed by atoms with van der Waals surface area (Å²) in [4.78, 5) is 37.4. The van der Waals surface area contributed by atoms with Gasteiger partial charge in [0.25, 0.3) is 5.56 Å². The average molecular weight is 426 g/mol. The van der Waals surface area contributed by atoms with Crippen LogP contribution in [0.1, 0.15) is 36.1 Å². The van der Waals surface area contributed by atoms with Gasteiger partial charge in [0.2, 0.25) is 11.9 Å². The summed E-state index contributed by atoms with van der Waals surface area (Å²) in [5.74, 6) is 0.408. The van der Waals surface area contributed by atoms with Crippen molar-refractivity contribution in [3.8, 4) is 0 Å². The summed E-state index contributed by atoms with van der Waals surface area (Å²) in [6.07, 6.45) is 3.56. The number of aromatic nitrogens is 2. The average Bonchev–Trinajstić information content (AvgIpc) is 3.15. The fraction of sp³-hybridized carbons (Fsp3) is 0.522. The predicted molar refractivity (Wildman–Crippen MR) is 114 cm³/mol.